The van der Waals surface area contributed by atoms with Crippen LogP contribution in [0, 0.1) is 5.92 Å². The van der Waals surface area contributed by atoms with Gasteiger partial charge < -0.3 is 19.7 Å². The molecule has 5 nitrogen and oxygen atoms in total. The number of amides is 2. The Morgan fingerprint density at radius 1 is 1.23 bits per heavy atom. The minimum absolute atomic E-state index is 0.0315. The third-order valence-electron chi connectivity index (χ3n) is 3.60. The van der Waals surface area contributed by atoms with Crippen molar-refractivity contribution >= 4 is 6.03 Å². The molecule has 1 heterocycles. The summed E-state index contributed by atoms with van der Waals surface area (Å²) in [6, 6.07) is 7.84. The Balaban J connectivity index is 1.86. The van der Waals surface area contributed by atoms with E-state index >= 15 is 0 Å². The van der Waals surface area contributed by atoms with Crippen LogP contribution in [0.25, 0.3) is 0 Å². The zero-order valence-corrected chi connectivity index (χ0v) is 13.7. The molecular formula is C17H26N2O3. The number of hydrogen-bond donors (Lipinski definition) is 1. The van der Waals surface area contributed by atoms with E-state index in [0.717, 1.165) is 11.3 Å². The second kappa shape index (κ2) is 8.03. The zero-order valence-electron chi connectivity index (χ0n) is 13.7. The van der Waals surface area contributed by atoms with Gasteiger partial charge in [-0.1, -0.05) is 26.0 Å². The SMILES string of the molecule is CC(C)COc1ccc([C@@H](C)NC(=O)N2CCOCC2)cc1. The van der Waals surface area contributed by atoms with Gasteiger partial charge in [-0.3, -0.25) is 0 Å². The Labute approximate surface area is 132 Å². The van der Waals surface area contributed by atoms with Gasteiger partial charge in [0.1, 0.15) is 5.75 Å². The molecule has 1 aromatic carbocycles. The quantitative estimate of drug-likeness (QED) is 0.910. The maximum Gasteiger partial charge on any atom is 0.318 e. The van der Waals surface area contributed by atoms with Gasteiger partial charge in [0, 0.05) is 13.1 Å². The largest absolute Gasteiger partial charge is 0.493 e. The van der Waals surface area contributed by atoms with Crippen molar-refractivity contribution in [2.75, 3.05) is 32.9 Å². The van der Waals surface area contributed by atoms with Crippen LogP contribution in [0.3, 0.4) is 0 Å². The van der Waals surface area contributed by atoms with E-state index in [0.29, 0.717) is 38.8 Å². The molecule has 1 aliphatic rings. The second-order valence-corrected chi connectivity index (χ2v) is 6.04. The molecule has 1 fully saturated rings. The molecule has 1 atom stereocenters. The number of ether oxygens (including phenoxy) is 2. The number of nitrogens with zero attached hydrogens (tertiary/aromatic N) is 1. The average Bonchev–Trinajstić information content (AvgIpc) is 2.54. The highest BCUT2D eigenvalue weighted by molar-refractivity contribution is 5.74. The van der Waals surface area contributed by atoms with E-state index in [9.17, 15) is 4.79 Å². The highest BCUT2D eigenvalue weighted by Gasteiger charge is 2.18. The first-order valence-electron chi connectivity index (χ1n) is 7.92. The van der Waals surface area contributed by atoms with Crippen molar-refractivity contribution in [2.24, 2.45) is 5.92 Å². The van der Waals surface area contributed by atoms with Crippen molar-refractivity contribution < 1.29 is 14.3 Å². The predicted molar refractivity (Wildman–Crippen MR) is 86.1 cm³/mol. The number of morpholine rings is 1. The van der Waals surface area contributed by atoms with Gasteiger partial charge in [0.05, 0.1) is 25.9 Å². The molecule has 1 N–H and O–H groups in total. The van der Waals surface area contributed by atoms with Crippen molar-refractivity contribution in [3.05, 3.63) is 29.8 Å². The van der Waals surface area contributed by atoms with Gasteiger partial charge in [-0.05, 0) is 30.5 Å². The standard InChI is InChI=1S/C17H26N2O3/c1-13(2)12-22-16-6-4-15(5-7-16)14(3)18-17(20)19-8-10-21-11-9-19/h4-7,13-14H,8-12H2,1-3H3,(H,18,20)/t14-/m1/s1. The fourth-order valence-corrected chi connectivity index (χ4v) is 2.24. The summed E-state index contributed by atoms with van der Waals surface area (Å²) in [6.45, 7) is 9.48. The molecule has 1 saturated heterocycles. The number of carbonyl (C=O) groups is 1. The lowest BCUT2D eigenvalue weighted by atomic mass is 10.1. The molecule has 0 saturated carbocycles. The van der Waals surface area contributed by atoms with Crippen LogP contribution in [-0.2, 0) is 4.74 Å². The number of urea groups is 1. The Morgan fingerprint density at radius 3 is 2.45 bits per heavy atom. The van der Waals surface area contributed by atoms with Gasteiger partial charge in [-0.25, -0.2) is 4.79 Å². The van der Waals surface area contributed by atoms with Gasteiger partial charge in [-0.2, -0.15) is 0 Å². The lowest BCUT2D eigenvalue weighted by molar-refractivity contribution is 0.0526. The highest BCUT2D eigenvalue weighted by Crippen LogP contribution is 2.18. The van der Waals surface area contributed by atoms with Crippen molar-refractivity contribution in [2.45, 2.75) is 26.8 Å². The summed E-state index contributed by atoms with van der Waals surface area (Å²) < 4.78 is 10.9. The number of rotatable bonds is 5. The molecular weight excluding hydrogens is 280 g/mol. The van der Waals surface area contributed by atoms with Gasteiger partial charge in [0.2, 0.25) is 0 Å². The van der Waals surface area contributed by atoms with Crippen LogP contribution in [0.2, 0.25) is 0 Å². The lowest BCUT2D eigenvalue weighted by Crippen LogP contribution is -2.46. The molecule has 122 valence electrons. The Hall–Kier alpha value is -1.75. The van der Waals surface area contributed by atoms with E-state index in [4.69, 9.17) is 9.47 Å². The lowest BCUT2D eigenvalue weighted by Gasteiger charge is -2.28. The fraction of sp³-hybridized carbons (Fsp3) is 0.588. The van der Waals surface area contributed by atoms with Gasteiger partial charge in [-0.15, -0.1) is 0 Å². The summed E-state index contributed by atoms with van der Waals surface area (Å²) in [5.41, 5.74) is 1.07. The van der Waals surface area contributed by atoms with Crippen molar-refractivity contribution in [3.8, 4) is 5.75 Å². The summed E-state index contributed by atoms with van der Waals surface area (Å²) in [5.74, 6) is 1.37. The summed E-state index contributed by atoms with van der Waals surface area (Å²) in [7, 11) is 0. The maximum atomic E-state index is 12.2. The first-order valence-corrected chi connectivity index (χ1v) is 7.92. The molecule has 1 aromatic rings. The first kappa shape index (κ1) is 16.6. The van der Waals surface area contributed by atoms with Crippen molar-refractivity contribution in [1.82, 2.24) is 10.2 Å². The molecule has 2 rings (SSSR count). The van der Waals surface area contributed by atoms with E-state index in [-0.39, 0.29) is 12.1 Å². The molecule has 0 aromatic heterocycles. The van der Waals surface area contributed by atoms with Crippen LogP contribution in [-0.4, -0.2) is 43.8 Å². The van der Waals surface area contributed by atoms with Gasteiger partial charge >= 0.3 is 6.03 Å². The van der Waals surface area contributed by atoms with Crippen LogP contribution in [0.5, 0.6) is 5.75 Å². The molecule has 5 heteroatoms. The third kappa shape index (κ3) is 4.91. The zero-order chi connectivity index (χ0) is 15.9. The smallest absolute Gasteiger partial charge is 0.318 e. The van der Waals surface area contributed by atoms with E-state index in [1.165, 1.54) is 0 Å². The molecule has 0 spiro atoms. The Morgan fingerprint density at radius 2 is 1.86 bits per heavy atom. The minimum atomic E-state index is -0.0329. The summed E-state index contributed by atoms with van der Waals surface area (Å²) in [5, 5.41) is 3.03. The monoisotopic (exact) mass is 306 g/mol. The topological polar surface area (TPSA) is 50.8 Å². The van der Waals surface area contributed by atoms with Crippen LogP contribution >= 0.6 is 0 Å². The molecule has 2 amide bonds. The number of hydrogen-bond acceptors (Lipinski definition) is 3. The number of carbonyl (C=O) groups excluding carboxylic acids is 1. The van der Waals surface area contributed by atoms with Crippen LogP contribution in [0.15, 0.2) is 24.3 Å². The molecule has 0 aliphatic carbocycles. The summed E-state index contributed by atoms with van der Waals surface area (Å²) in [6.07, 6.45) is 0. The van der Waals surface area contributed by atoms with Gasteiger partial charge in [0.25, 0.3) is 0 Å². The van der Waals surface area contributed by atoms with Crippen LogP contribution in [0.1, 0.15) is 32.4 Å². The molecule has 1 aliphatic heterocycles. The average molecular weight is 306 g/mol. The van der Waals surface area contributed by atoms with Crippen LogP contribution in [0.4, 0.5) is 4.79 Å². The van der Waals surface area contributed by atoms with E-state index in [1.807, 2.05) is 31.2 Å². The number of nitrogens with one attached hydrogen (secondary N) is 1. The van der Waals surface area contributed by atoms with Crippen LogP contribution < -0.4 is 10.1 Å². The first-order chi connectivity index (χ1) is 10.6. The van der Waals surface area contributed by atoms with E-state index in [1.54, 1.807) is 4.90 Å². The number of benzene rings is 1. The fourth-order valence-electron chi connectivity index (χ4n) is 2.24. The summed E-state index contributed by atoms with van der Waals surface area (Å²) in [4.78, 5) is 14.0. The molecule has 0 unspecified atom stereocenters. The normalized spacial score (nSPS) is 16.5. The Kier molecular flexibility index (Phi) is 6.07. The van der Waals surface area contributed by atoms with Crippen molar-refractivity contribution in [3.63, 3.8) is 0 Å². The Bertz CT molecular complexity index is 467. The minimum Gasteiger partial charge on any atom is -0.493 e. The summed E-state index contributed by atoms with van der Waals surface area (Å²) >= 11 is 0. The molecule has 22 heavy (non-hydrogen) atoms. The highest BCUT2D eigenvalue weighted by atomic mass is 16.5. The maximum absolute atomic E-state index is 12.2. The predicted octanol–water partition coefficient (Wildman–Crippen LogP) is 2.82. The molecule has 0 bridgehead atoms. The van der Waals surface area contributed by atoms with Gasteiger partial charge in [0.15, 0.2) is 0 Å². The van der Waals surface area contributed by atoms with E-state index < -0.39 is 0 Å². The third-order valence-corrected chi connectivity index (χ3v) is 3.60. The van der Waals surface area contributed by atoms with E-state index in [2.05, 4.69) is 19.2 Å². The van der Waals surface area contributed by atoms with Crippen molar-refractivity contribution in [1.29, 1.82) is 0 Å². The second-order valence-electron chi connectivity index (χ2n) is 6.04. The molecule has 0 radical (unpaired) electrons.